The average Bonchev–Trinajstić information content (AvgIpc) is 2.47. The van der Waals surface area contributed by atoms with E-state index in [-0.39, 0.29) is 24.5 Å². The summed E-state index contributed by atoms with van der Waals surface area (Å²) in [5.74, 6) is 0. The highest BCUT2D eigenvalue weighted by molar-refractivity contribution is 7.48. The Balaban J connectivity index is 3.31. The van der Waals surface area contributed by atoms with Gasteiger partial charge in [0.05, 0.1) is 23.7 Å². The van der Waals surface area contributed by atoms with E-state index in [1.54, 1.807) is 19.9 Å². The van der Waals surface area contributed by atoms with E-state index in [4.69, 9.17) is 13.6 Å². The maximum atomic E-state index is 12.5. The van der Waals surface area contributed by atoms with Crippen LogP contribution in [0, 0.1) is 21.4 Å². The Morgan fingerprint density at radius 2 is 1.86 bits per heavy atom. The first kappa shape index (κ1) is 18.3. The highest BCUT2D eigenvalue weighted by atomic mass is 31.2. The molecule has 1 rings (SSSR count). The van der Waals surface area contributed by atoms with Gasteiger partial charge in [0.15, 0.2) is 5.60 Å². The summed E-state index contributed by atoms with van der Waals surface area (Å²) < 4.78 is 27.7. The van der Waals surface area contributed by atoms with Crippen molar-refractivity contribution >= 4 is 13.5 Å². The van der Waals surface area contributed by atoms with E-state index in [9.17, 15) is 19.9 Å². The molecule has 1 aromatic rings. The van der Waals surface area contributed by atoms with Crippen LogP contribution in [0.1, 0.15) is 26.3 Å². The van der Waals surface area contributed by atoms with Crippen molar-refractivity contribution in [3.05, 3.63) is 39.9 Å². The van der Waals surface area contributed by atoms with Crippen LogP contribution in [0.5, 0.6) is 0 Å². The van der Waals surface area contributed by atoms with Crippen molar-refractivity contribution in [1.29, 1.82) is 5.26 Å². The average molecular weight is 328 g/mol. The van der Waals surface area contributed by atoms with Crippen LogP contribution in [0.3, 0.4) is 0 Å². The van der Waals surface area contributed by atoms with E-state index in [0.29, 0.717) is 0 Å². The van der Waals surface area contributed by atoms with Crippen molar-refractivity contribution in [2.75, 3.05) is 13.2 Å². The van der Waals surface area contributed by atoms with Gasteiger partial charge in [-0.05, 0) is 26.8 Å². The molecule has 1 unspecified atom stereocenters. The van der Waals surface area contributed by atoms with Gasteiger partial charge >= 0.3 is 7.82 Å². The van der Waals surface area contributed by atoms with Crippen molar-refractivity contribution in [1.82, 2.24) is 0 Å². The zero-order chi connectivity index (χ0) is 16.8. The van der Waals surface area contributed by atoms with Crippen molar-refractivity contribution in [2.24, 2.45) is 0 Å². The van der Waals surface area contributed by atoms with Crippen LogP contribution < -0.4 is 0 Å². The topological polar surface area (TPSA) is 112 Å². The molecule has 22 heavy (non-hydrogen) atoms. The van der Waals surface area contributed by atoms with Crippen LogP contribution in [0.25, 0.3) is 0 Å². The monoisotopic (exact) mass is 328 g/mol. The Hall–Kier alpha value is -1.78. The van der Waals surface area contributed by atoms with Crippen LogP contribution in [0.15, 0.2) is 24.3 Å². The van der Waals surface area contributed by atoms with E-state index >= 15 is 0 Å². The first-order valence-electron chi connectivity index (χ1n) is 6.57. The van der Waals surface area contributed by atoms with E-state index in [1.807, 2.05) is 0 Å². The summed E-state index contributed by atoms with van der Waals surface area (Å²) in [4.78, 5) is 10.5. The van der Waals surface area contributed by atoms with E-state index in [0.717, 1.165) is 0 Å². The summed E-state index contributed by atoms with van der Waals surface area (Å²) in [5, 5.41) is 20.5. The van der Waals surface area contributed by atoms with Gasteiger partial charge in [-0.3, -0.25) is 23.7 Å². The number of para-hydroxylation sites is 1. The molecule has 0 aromatic heterocycles. The molecule has 0 bridgehead atoms. The molecule has 0 heterocycles. The number of benzene rings is 1. The summed E-state index contributed by atoms with van der Waals surface area (Å²) in [6, 6.07) is 7.39. The van der Waals surface area contributed by atoms with Gasteiger partial charge in [-0.15, -0.1) is 0 Å². The number of rotatable bonds is 8. The molecule has 0 saturated carbocycles. The SMILES string of the molecule is CCOP(=O)(OCC)OC(C)(C#N)c1ccccc1[N+](=O)[O-]. The van der Waals surface area contributed by atoms with Gasteiger partial charge in [0.25, 0.3) is 5.69 Å². The molecule has 8 nitrogen and oxygen atoms in total. The van der Waals surface area contributed by atoms with Crippen molar-refractivity contribution in [2.45, 2.75) is 26.4 Å². The number of nitriles is 1. The summed E-state index contributed by atoms with van der Waals surface area (Å²) in [7, 11) is -4.02. The lowest BCUT2D eigenvalue weighted by atomic mass is 9.96. The Kier molecular flexibility index (Phi) is 6.21. The van der Waals surface area contributed by atoms with Gasteiger partial charge in [-0.1, -0.05) is 12.1 Å². The molecule has 0 fully saturated rings. The van der Waals surface area contributed by atoms with Gasteiger partial charge in [0.1, 0.15) is 6.07 Å². The molecule has 0 aliphatic rings. The molecule has 0 N–H and O–H groups in total. The quantitative estimate of drug-likeness (QED) is 0.407. The fraction of sp³-hybridized carbons (Fsp3) is 0.462. The minimum absolute atomic E-state index is 0.0258. The maximum Gasteiger partial charge on any atom is 0.476 e. The van der Waals surface area contributed by atoms with E-state index in [1.165, 1.54) is 31.2 Å². The van der Waals surface area contributed by atoms with Crippen LogP contribution in [-0.2, 0) is 23.7 Å². The lowest BCUT2D eigenvalue weighted by Gasteiger charge is -2.26. The second-order valence-corrected chi connectivity index (χ2v) is 5.89. The molecule has 9 heteroatoms. The number of nitrogens with zero attached hydrogens (tertiary/aromatic N) is 2. The van der Waals surface area contributed by atoms with Crippen LogP contribution in [-0.4, -0.2) is 18.1 Å². The molecule has 1 aromatic carbocycles. The van der Waals surface area contributed by atoms with Crippen LogP contribution in [0.2, 0.25) is 0 Å². The van der Waals surface area contributed by atoms with Crippen molar-refractivity contribution in [3.8, 4) is 6.07 Å². The third kappa shape index (κ3) is 4.12. The standard InChI is InChI=1S/C13H17N2O6P/c1-4-19-22(18,20-5-2)21-13(3,10-14)11-8-6-7-9-12(11)15(16)17/h6-9H,4-5H2,1-3H3. The van der Waals surface area contributed by atoms with Gasteiger partial charge in [0, 0.05) is 6.07 Å². The fourth-order valence-electron chi connectivity index (χ4n) is 1.80. The molecule has 0 aliphatic heterocycles. The van der Waals surface area contributed by atoms with E-state index in [2.05, 4.69) is 0 Å². The van der Waals surface area contributed by atoms with E-state index < -0.39 is 18.3 Å². The van der Waals surface area contributed by atoms with Crippen molar-refractivity contribution < 1.29 is 23.1 Å². The lowest BCUT2D eigenvalue weighted by molar-refractivity contribution is -0.386. The molecule has 0 amide bonds. The van der Waals surface area contributed by atoms with Crippen LogP contribution in [0.4, 0.5) is 5.69 Å². The second kappa shape index (κ2) is 7.47. The first-order chi connectivity index (χ1) is 10.3. The normalized spacial score (nSPS) is 14.1. The molecular weight excluding hydrogens is 311 g/mol. The number of hydrogen-bond acceptors (Lipinski definition) is 7. The Morgan fingerprint density at radius 3 is 2.32 bits per heavy atom. The minimum Gasteiger partial charge on any atom is -0.287 e. The highest BCUT2D eigenvalue weighted by Gasteiger charge is 2.43. The maximum absolute atomic E-state index is 12.5. The van der Waals surface area contributed by atoms with Gasteiger partial charge in [-0.25, -0.2) is 4.57 Å². The molecular formula is C13H17N2O6P. The van der Waals surface area contributed by atoms with Crippen molar-refractivity contribution in [3.63, 3.8) is 0 Å². The number of phosphoric acid groups is 1. The number of nitro benzene ring substituents is 1. The highest BCUT2D eigenvalue weighted by Crippen LogP contribution is 2.55. The third-order valence-corrected chi connectivity index (χ3v) is 4.43. The molecule has 0 spiro atoms. The molecule has 0 saturated heterocycles. The number of phosphoric ester groups is 1. The molecule has 1 atom stereocenters. The van der Waals surface area contributed by atoms with Gasteiger partial charge < -0.3 is 0 Å². The Morgan fingerprint density at radius 1 is 1.32 bits per heavy atom. The lowest BCUT2D eigenvalue weighted by Crippen LogP contribution is -2.25. The fourth-order valence-corrected chi connectivity index (χ4v) is 3.19. The second-order valence-electron chi connectivity index (χ2n) is 4.29. The zero-order valence-corrected chi connectivity index (χ0v) is 13.4. The van der Waals surface area contributed by atoms with Gasteiger partial charge in [0.2, 0.25) is 0 Å². The predicted molar refractivity (Wildman–Crippen MR) is 78.0 cm³/mol. The minimum atomic E-state index is -4.02. The molecule has 120 valence electrons. The van der Waals surface area contributed by atoms with Gasteiger partial charge in [-0.2, -0.15) is 5.26 Å². The predicted octanol–water partition coefficient (Wildman–Crippen LogP) is 3.53. The summed E-state index contributed by atoms with van der Waals surface area (Å²) in [6.45, 7) is 4.53. The largest absolute Gasteiger partial charge is 0.476 e. The van der Waals surface area contributed by atoms with Crippen LogP contribution >= 0.6 is 7.82 Å². The Bertz CT molecular complexity index is 619. The molecule has 0 radical (unpaired) electrons. The summed E-state index contributed by atoms with van der Waals surface area (Å²) in [6.07, 6.45) is 0. The molecule has 0 aliphatic carbocycles. The summed E-state index contributed by atoms with van der Waals surface area (Å²) >= 11 is 0. The summed E-state index contributed by atoms with van der Waals surface area (Å²) in [5.41, 5.74) is -2.20. The zero-order valence-electron chi connectivity index (χ0n) is 12.5. The number of hydrogen-bond donors (Lipinski definition) is 0. The smallest absolute Gasteiger partial charge is 0.287 e. The Labute approximate surface area is 128 Å². The first-order valence-corrected chi connectivity index (χ1v) is 8.03. The number of nitro groups is 1. The third-order valence-electron chi connectivity index (χ3n) is 2.70.